The molecule has 0 aliphatic heterocycles. The number of hydrogen-bond acceptors (Lipinski definition) is 6. The van der Waals surface area contributed by atoms with Gasteiger partial charge < -0.3 is 18.3 Å². The first-order chi connectivity index (χ1) is 12.1. The van der Waals surface area contributed by atoms with Crippen LogP contribution in [0.15, 0.2) is 57.1 Å². The van der Waals surface area contributed by atoms with Crippen molar-refractivity contribution in [3.63, 3.8) is 0 Å². The zero-order valence-electron chi connectivity index (χ0n) is 14.2. The molecule has 0 spiro atoms. The molecule has 0 saturated heterocycles. The molecule has 8 heteroatoms. The molecule has 0 atom stereocenters. The Morgan fingerprint density at radius 2 is 1.84 bits per heavy atom. The maximum Gasteiger partial charge on any atom is 0.233 e. The molecule has 0 saturated carbocycles. The van der Waals surface area contributed by atoms with Crippen molar-refractivity contribution >= 4 is 17.7 Å². The lowest BCUT2D eigenvalue weighted by Gasteiger charge is -2.20. The van der Waals surface area contributed by atoms with E-state index in [4.69, 9.17) is 8.83 Å². The fraction of sp³-hybridized carbons (Fsp3) is 0.353. The van der Waals surface area contributed by atoms with Gasteiger partial charge >= 0.3 is 0 Å². The molecule has 0 N–H and O–H groups in total. The second-order valence-electron chi connectivity index (χ2n) is 5.81. The Bertz CT molecular complexity index is 745. The number of furan rings is 2. The van der Waals surface area contributed by atoms with E-state index in [1.807, 2.05) is 28.8 Å². The SMILES string of the molecule is CC(C)n1cnnc1SCC(=O)N(Cc1ccco1)Cc1ccco1. The highest BCUT2D eigenvalue weighted by Gasteiger charge is 2.19. The predicted molar refractivity (Wildman–Crippen MR) is 92.8 cm³/mol. The van der Waals surface area contributed by atoms with Crippen LogP contribution in [0.5, 0.6) is 0 Å². The van der Waals surface area contributed by atoms with Gasteiger partial charge in [0.05, 0.1) is 31.4 Å². The van der Waals surface area contributed by atoms with Crippen LogP contribution in [0.1, 0.15) is 31.4 Å². The van der Waals surface area contributed by atoms with Crippen molar-refractivity contribution in [3.8, 4) is 0 Å². The molecule has 25 heavy (non-hydrogen) atoms. The van der Waals surface area contributed by atoms with Gasteiger partial charge in [0.15, 0.2) is 5.16 Å². The molecule has 0 aliphatic rings. The van der Waals surface area contributed by atoms with E-state index in [9.17, 15) is 4.79 Å². The maximum absolute atomic E-state index is 12.7. The van der Waals surface area contributed by atoms with E-state index in [0.717, 1.165) is 16.7 Å². The molecule has 0 unspecified atom stereocenters. The summed E-state index contributed by atoms with van der Waals surface area (Å²) in [5, 5.41) is 8.75. The summed E-state index contributed by atoms with van der Waals surface area (Å²) in [6.07, 6.45) is 4.89. The summed E-state index contributed by atoms with van der Waals surface area (Å²) in [4.78, 5) is 14.4. The Morgan fingerprint density at radius 3 is 2.36 bits per heavy atom. The lowest BCUT2D eigenvalue weighted by atomic mass is 10.3. The summed E-state index contributed by atoms with van der Waals surface area (Å²) < 4.78 is 12.7. The van der Waals surface area contributed by atoms with Crippen molar-refractivity contribution in [2.75, 3.05) is 5.75 Å². The van der Waals surface area contributed by atoms with Gasteiger partial charge in [-0.3, -0.25) is 4.79 Å². The van der Waals surface area contributed by atoms with E-state index in [1.165, 1.54) is 11.8 Å². The molecule has 0 fully saturated rings. The first-order valence-electron chi connectivity index (χ1n) is 7.98. The van der Waals surface area contributed by atoms with Gasteiger partial charge in [-0.1, -0.05) is 11.8 Å². The normalized spacial score (nSPS) is 11.2. The number of carbonyl (C=O) groups excluding carboxylic acids is 1. The summed E-state index contributed by atoms with van der Waals surface area (Å²) in [5.74, 6) is 1.72. The van der Waals surface area contributed by atoms with Gasteiger partial charge in [0.2, 0.25) is 5.91 Å². The number of amides is 1. The highest BCUT2D eigenvalue weighted by Crippen LogP contribution is 2.20. The monoisotopic (exact) mass is 360 g/mol. The lowest BCUT2D eigenvalue weighted by Crippen LogP contribution is -2.31. The number of rotatable bonds is 8. The molecule has 3 aromatic rings. The van der Waals surface area contributed by atoms with Crippen LogP contribution in [0.2, 0.25) is 0 Å². The molecule has 3 aromatic heterocycles. The van der Waals surface area contributed by atoms with E-state index in [-0.39, 0.29) is 17.7 Å². The fourth-order valence-electron chi connectivity index (χ4n) is 2.32. The average molecular weight is 360 g/mol. The van der Waals surface area contributed by atoms with Gasteiger partial charge in [0.1, 0.15) is 17.8 Å². The van der Waals surface area contributed by atoms with E-state index in [1.54, 1.807) is 23.8 Å². The first kappa shape index (κ1) is 17.3. The minimum Gasteiger partial charge on any atom is -0.467 e. The Hall–Kier alpha value is -2.48. The van der Waals surface area contributed by atoms with Crippen molar-refractivity contribution < 1.29 is 13.6 Å². The van der Waals surface area contributed by atoms with Crippen molar-refractivity contribution in [1.29, 1.82) is 0 Å². The maximum atomic E-state index is 12.7. The highest BCUT2D eigenvalue weighted by atomic mass is 32.2. The topological polar surface area (TPSA) is 77.3 Å². The third-order valence-corrected chi connectivity index (χ3v) is 4.57. The van der Waals surface area contributed by atoms with Gasteiger partial charge in [-0.05, 0) is 38.1 Å². The molecule has 1 amide bonds. The van der Waals surface area contributed by atoms with Crippen molar-refractivity contribution in [3.05, 3.63) is 54.6 Å². The summed E-state index contributed by atoms with van der Waals surface area (Å²) >= 11 is 1.38. The van der Waals surface area contributed by atoms with Crippen LogP contribution in [-0.2, 0) is 17.9 Å². The van der Waals surface area contributed by atoms with Gasteiger partial charge in [0.25, 0.3) is 0 Å². The summed E-state index contributed by atoms with van der Waals surface area (Å²) in [6, 6.07) is 7.57. The number of aromatic nitrogens is 3. The van der Waals surface area contributed by atoms with Gasteiger partial charge in [-0.15, -0.1) is 10.2 Å². The van der Waals surface area contributed by atoms with Crippen LogP contribution >= 0.6 is 11.8 Å². The Labute approximate surface area is 150 Å². The van der Waals surface area contributed by atoms with Gasteiger partial charge in [0, 0.05) is 6.04 Å². The lowest BCUT2D eigenvalue weighted by molar-refractivity contribution is -0.130. The molecule has 7 nitrogen and oxygen atoms in total. The Kier molecular flexibility index (Phi) is 5.60. The van der Waals surface area contributed by atoms with E-state index in [0.29, 0.717) is 13.1 Å². The Morgan fingerprint density at radius 1 is 1.20 bits per heavy atom. The van der Waals surface area contributed by atoms with Crippen molar-refractivity contribution in [1.82, 2.24) is 19.7 Å². The molecule has 3 rings (SSSR count). The molecular weight excluding hydrogens is 340 g/mol. The largest absolute Gasteiger partial charge is 0.467 e. The molecule has 3 heterocycles. The average Bonchev–Trinajstić information content (AvgIpc) is 3.34. The molecule has 0 aliphatic carbocycles. The highest BCUT2D eigenvalue weighted by molar-refractivity contribution is 7.99. The van der Waals surface area contributed by atoms with Crippen LogP contribution in [0.4, 0.5) is 0 Å². The molecule has 0 bridgehead atoms. The molecular formula is C17H20N4O3S. The van der Waals surface area contributed by atoms with Gasteiger partial charge in [-0.2, -0.15) is 0 Å². The smallest absolute Gasteiger partial charge is 0.233 e. The van der Waals surface area contributed by atoms with Gasteiger partial charge in [-0.25, -0.2) is 0 Å². The number of nitrogens with zero attached hydrogens (tertiary/aromatic N) is 4. The minimum absolute atomic E-state index is 0.0175. The summed E-state index contributed by atoms with van der Waals surface area (Å²) in [6.45, 7) is 4.89. The van der Waals surface area contributed by atoms with Crippen LogP contribution in [0.25, 0.3) is 0 Å². The van der Waals surface area contributed by atoms with Crippen LogP contribution in [0.3, 0.4) is 0 Å². The predicted octanol–water partition coefficient (Wildman–Crippen LogP) is 3.37. The Balaban J connectivity index is 1.66. The molecule has 0 radical (unpaired) electrons. The van der Waals surface area contributed by atoms with Crippen LogP contribution in [0, 0.1) is 0 Å². The van der Waals surface area contributed by atoms with E-state index in [2.05, 4.69) is 24.0 Å². The van der Waals surface area contributed by atoms with Crippen LogP contribution < -0.4 is 0 Å². The third-order valence-electron chi connectivity index (χ3n) is 3.63. The standard InChI is InChI=1S/C17H20N4O3S/c1-13(2)21-12-18-19-17(21)25-11-16(22)20(9-14-5-3-7-23-14)10-15-6-4-8-24-15/h3-8,12-13H,9-11H2,1-2H3. The second-order valence-corrected chi connectivity index (χ2v) is 6.75. The second kappa shape index (κ2) is 8.06. The zero-order chi connectivity index (χ0) is 17.6. The zero-order valence-corrected chi connectivity index (χ0v) is 15.0. The molecule has 132 valence electrons. The number of carbonyl (C=O) groups is 1. The van der Waals surface area contributed by atoms with Crippen molar-refractivity contribution in [2.24, 2.45) is 0 Å². The fourth-order valence-corrected chi connectivity index (χ4v) is 3.27. The minimum atomic E-state index is -0.0175. The quantitative estimate of drug-likeness (QED) is 0.573. The first-order valence-corrected chi connectivity index (χ1v) is 8.97. The third kappa shape index (κ3) is 4.54. The van der Waals surface area contributed by atoms with E-state index < -0.39 is 0 Å². The summed E-state index contributed by atoms with van der Waals surface area (Å²) in [7, 11) is 0. The van der Waals surface area contributed by atoms with Crippen LogP contribution in [-0.4, -0.2) is 31.3 Å². The van der Waals surface area contributed by atoms with E-state index >= 15 is 0 Å². The van der Waals surface area contributed by atoms with Crippen molar-refractivity contribution in [2.45, 2.75) is 38.1 Å². The number of thioether (sulfide) groups is 1. The summed E-state index contributed by atoms with van der Waals surface area (Å²) in [5.41, 5.74) is 0. The molecule has 0 aromatic carbocycles. The number of hydrogen-bond donors (Lipinski definition) is 0.